The lowest BCUT2D eigenvalue weighted by atomic mass is 10.1. The minimum atomic E-state index is 0.481. The van der Waals surface area contributed by atoms with Crippen LogP contribution in [0.15, 0.2) is 55.4 Å². The van der Waals surface area contributed by atoms with Crippen LogP contribution in [-0.4, -0.2) is 24.4 Å². The van der Waals surface area contributed by atoms with Gasteiger partial charge in [0.25, 0.3) is 0 Å². The molecule has 0 atom stereocenters. The van der Waals surface area contributed by atoms with Crippen LogP contribution in [0.1, 0.15) is 29.9 Å². The summed E-state index contributed by atoms with van der Waals surface area (Å²) in [5.41, 5.74) is 5.49. The highest BCUT2D eigenvalue weighted by molar-refractivity contribution is 5.73. The van der Waals surface area contributed by atoms with Gasteiger partial charge in [0, 0.05) is 54.1 Å². The predicted molar refractivity (Wildman–Crippen MR) is 97.9 cm³/mol. The van der Waals surface area contributed by atoms with Crippen molar-refractivity contribution in [1.29, 1.82) is 0 Å². The molecule has 26 heavy (non-hydrogen) atoms. The summed E-state index contributed by atoms with van der Waals surface area (Å²) in [6.07, 6.45) is 14.0. The molecule has 1 aliphatic carbocycles. The normalized spacial score (nSPS) is 14.0. The Bertz CT molecular complexity index is 1060. The molecule has 0 unspecified atom stereocenters. The molecule has 0 N–H and O–H groups in total. The van der Waals surface area contributed by atoms with E-state index in [1.54, 1.807) is 10.9 Å². The Hall–Kier alpha value is -3.15. The van der Waals surface area contributed by atoms with Crippen LogP contribution in [0.4, 0.5) is 0 Å². The summed E-state index contributed by atoms with van der Waals surface area (Å²) in [6, 6.07) is 6.04. The third-order valence-electron chi connectivity index (χ3n) is 4.78. The van der Waals surface area contributed by atoms with E-state index in [0.29, 0.717) is 12.5 Å². The van der Waals surface area contributed by atoms with Crippen LogP contribution >= 0.6 is 0 Å². The molecular formula is C20H19N5O. The smallest absolute Gasteiger partial charge is 0.146 e. The summed E-state index contributed by atoms with van der Waals surface area (Å²) < 4.78 is 9.96. The Kier molecular flexibility index (Phi) is 3.48. The summed E-state index contributed by atoms with van der Waals surface area (Å²) in [4.78, 5) is 4.16. The van der Waals surface area contributed by atoms with Crippen molar-refractivity contribution in [3.8, 4) is 16.9 Å². The van der Waals surface area contributed by atoms with Crippen molar-refractivity contribution in [2.24, 2.45) is 7.05 Å². The minimum absolute atomic E-state index is 0.481. The van der Waals surface area contributed by atoms with Gasteiger partial charge in [-0.2, -0.15) is 10.2 Å². The molecule has 4 aromatic heterocycles. The Morgan fingerprint density at radius 1 is 1.12 bits per heavy atom. The van der Waals surface area contributed by atoms with E-state index < -0.39 is 0 Å². The van der Waals surface area contributed by atoms with E-state index in [9.17, 15) is 0 Å². The molecule has 0 aromatic carbocycles. The number of aryl methyl sites for hydroxylation is 1. The van der Waals surface area contributed by atoms with E-state index in [2.05, 4.69) is 27.4 Å². The molecule has 1 aliphatic rings. The lowest BCUT2D eigenvalue weighted by molar-refractivity contribution is 0.308. The molecule has 0 spiro atoms. The number of nitrogens with zero attached hydrogens (tertiary/aromatic N) is 5. The number of pyridine rings is 2. The third-order valence-corrected chi connectivity index (χ3v) is 4.78. The zero-order valence-corrected chi connectivity index (χ0v) is 14.5. The first-order valence-electron chi connectivity index (χ1n) is 8.80. The highest BCUT2D eigenvalue weighted by Crippen LogP contribution is 2.44. The van der Waals surface area contributed by atoms with Crippen molar-refractivity contribution in [1.82, 2.24) is 24.4 Å². The molecule has 4 aromatic rings. The van der Waals surface area contributed by atoms with Gasteiger partial charge in [-0.25, -0.2) is 4.52 Å². The van der Waals surface area contributed by atoms with Gasteiger partial charge in [-0.05, 0) is 30.9 Å². The Labute approximate surface area is 151 Å². The van der Waals surface area contributed by atoms with Crippen molar-refractivity contribution in [3.63, 3.8) is 0 Å². The summed E-state index contributed by atoms with van der Waals surface area (Å²) in [6.45, 7) is 0.481. The van der Waals surface area contributed by atoms with Crippen LogP contribution in [0.5, 0.6) is 5.75 Å². The second kappa shape index (κ2) is 5.98. The summed E-state index contributed by atoms with van der Waals surface area (Å²) in [7, 11) is 1.92. The van der Waals surface area contributed by atoms with E-state index in [0.717, 1.165) is 28.0 Å². The molecule has 1 saturated carbocycles. The van der Waals surface area contributed by atoms with Crippen molar-refractivity contribution in [2.45, 2.75) is 25.4 Å². The maximum absolute atomic E-state index is 6.22. The fourth-order valence-corrected chi connectivity index (χ4v) is 3.28. The summed E-state index contributed by atoms with van der Waals surface area (Å²) in [5.74, 6) is 1.46. The lowest BCUT2D eigenvalue weighted by Gasteiger charge is -2.11. The van der Waals surface area contributed by atoms with Crippen molar-refractivity contribution in [3.05, 3.63) is 66.5 Å². The zero-order chi connectivity index (χ0) is 17.5. The van der Waals surface area contributed by atoms with Gasteiger partial charge in [-0.15, -0.1) is 0 Å². The third kappa shape index (κ3) is 2.73. The first-order valence-corrected chi connectivity index (χ1v) is 8.80. The highest BCUT2D eigenvalue weighted by Gasteiger charge is 2.28. The minimum Gasteiger partial charge on any atom is -0.487 e. The molecule has 5 rings (SSSR count). The van der Waals surface area contributed by atoms with Gasteiger partial charge in [0.1, 0.15) is 17.9 Å². The van der Waals surface area contributed by atoms with Gasteiger partial charge in [0.2, 0.25) is 0 Å². The SMILES string of the molecule is Cn1cc(-c2cc(OCc3cccnc3)c3c(C4CC4)cnn3c2)cn1. The van der Waals surface area contributed by atoms with E-state index in [1.807, 2.05) is 48.5 Å². The molecule has 4 heterocycles. The van der Waals surface area contributed by atoms with Gasteiger partial charge in [-0.3, -0.25) is 9.67 Å². The molecule has 0 bridgehead atoms. The van der Waals surface area contributed by atoms with Gasteiger partial charge in [0.05, 0.1) is 12.4 Å². The van der Waals surface area contributed by atoms with Crippen LogP contribution in [0.3, 0.4) is 0 Å². The maximum Gasteiger partial charge on any atom is 0.146 e. The molecule has 0 saturated heterocycles. The fourth-order valence-electron chi connectivity index (χ4n) is 3.28. The quantitative estimate of drug-likeness (QED) is 0.555. The molecule has 6 nitrogen and oxygen atoms in total. The molecular weight excluding hydrogens is 326 g/mol. The summed E-state index contributed by atoms with van der Waals surface area (Å²) >= 11 is 0. The second-order valence-electron chi connectivity index (χ2n) is 6.81. The monoisotopic (exact) mass is 345 g/mol. The first-order chi connectivity index (χ1) is 12.8. The van der Waals surface area contributed by atoms with Gasteiger partial charge in [-0.1, -0.05) is 6.07 Å². The van der Waals surface area contributed by atoms with Crippen LogP contribution in [0.2, 0.25) is 0 Å². The summed E-state index contributed by atoms with van der Waals surface area (Å²) in [5, 5.41) is 8.86. The highest BCUT2D eigenvalue weighted by atomic mass is 16.5. The largest absolute Gasteiger partial charge is 0.487 e. The van der Waals surface area contributed by atoms with Crippen LogP contribution < -0.4 is 4.74 Å². The number of hydrogen-bond donors (Lipinski definition) is 0. The van der Waals surface area contributed by atoms with E-state index in [-0.39, 0.29) is 0 Å². The van der Waals surface area contributed by atoms with Crippen LogP contribution in [0, 0.1) is 0 Å². The van der Waals surface area contributed by atoms with E-state index >= 15 is 0 Å². The average molecular weight is 345 g/mol. The topological polar surface area (TPSA) is 57.2 Å². The first kappa shape index (κ1) is 15.1. The Balaban J connectivity index is 1.59. The van der Waals surface area contributed by atoms with Gasteiger partial charge in [0.15, 0.2) is 0 Å². The van der Waals surface area contributed by atoms with E-state index in [4.69, 9.17) is 4.74 Å². The second-order valence-corrected chi connectivity index (χ2v) is 6.81. The number of hydrogen-bond acceptors (Lipinski definition) is 4. The number of fused-ring (bicyclic) bond motifs is 1. The van der Waals surface area contributed by atoms with Crippen LogP contribution in [-0.2, 0) is 13.7 Å². The molecule has 130 valence electrons. The average Bonchev–Trinajstić information content (AvgIpc) is 3.27. The number of aromatic nitrogens is 5. The van der Waals surface area contributed by atoms with Gasteiger partial charge >= 0.3 is 0 Å². The molecule has 0 radical (unpaired) electrons. The van der Waals surface area contributed by atoms with Crippen molar-refractivity contribution < 1.29 is 4.74 Å². The van der Waals surface area contributed by atoms with Gasteiger partial charge < -0.3 is 4.74 Å². The van der Waals surface area contributed by atoms with Crippen molar-refractivity contribution >= 4 is 5.52 Å². The zero-order valence-electron chi connectivity index (χ0n) is 14.5. The molecule has 6 heteroatoms. The predicted octanol–water partition coefficient (Wildman–Crippen LogP) is 3.59. The van der Waals surface area contributed by atoms with Crippen molar-refractivity contribution in [2.75, 3.05) is 0 Å². The lowest BCUT2D eigenvalue weighted by Crippen LogP contribution is -2.00. The van der Waals surface area contributed by atoms with Crippen LogP contribution in [0.25, 0.3) is 16.6 Å². The number of rotatable bonds is 5. The standard InChI is InChI=1S/C20H19N5O/c1-24-11-17(9-22-24)16-7-19(26-13-14-3-2-6-21-8-14)20-18(15-4-5-15)10-23-25(20)12-16/h2-3,6-12,15H,4-5,13H2,1H3. The molecule has 1 fully saturated rings. The fraction of sp³-hybridized carbons (Fsp3) is 0.250. The number of ether oxygens (including phenoxy) is 1. The molecule has 0 aliphatic heterocycles. The van der Waals surface area contributed by atoms with E-state index in [1.165, 1.54) is 18.4 Å². The maximum atomic E-state index is 6.22. The Morgan fingerprint density at radius 2 is 2.04 bits per heavy atom. The molecule has 0 amide bonds. The Morgan fingerprint density at radius 3 is 2.77 bits per heavy atom.